The van der Waals surface area contributed by atoms with Gasteiger partial charge in [-0.1, -0.05) is 12.8 Å². The van der Waals surface area contributed by atoms with E-state index >= 15 is 0 Å². The summed E-state index contributed by atoms with van der Waals surface area (Å²) in [5.74, 6) is 1.44. The fourth-order valence-corrected chi connectivity index (χ4v) is 2.14. The summed E-state index contributed by atoms with van der Waals surface area (Å²) in [7, 11) is 0. The molecule has 0 aliphatic carbocycles. The summed E-state index contributed by atoms with van der Waals surface area (Å²) in [5.41, 5.74) is 6.02. The number of rotatable bonds is 4. The standard InChI is InChI=1S/C13H22N6.HI/c14-13(19-9-3-1-2-4-10-19)18-8-7-17-12-11-15-5-6-16-12;/h5-6,11H,1-4,7-10H2,(H2,14,18)(H,16,17);1H. The molecular weight excluding hydrogens is 367 g/mol. The Morgan fingerprint density at radius 2 is 2.00 bits per heavy atom. The number of likely N-dealkylation sites (tertiary alicyclic amines) is 1. The average Bonchev–Trinajstić information content (AvgIpc) is 2.73. The van der Waals surface area contributed by atoms with E-state index < -0.39 is 0 Å². The summed E-state index contributed by atoms with van der Waals surface area (Å²) in [6, 6.07) is 0. The van der Waals surface area contributed by atoms with Crippen LogP contribution in [0.15, 0.2) is 23.6 Å². The van der Waals surface area contributed by atoms with E-state index in [0.29, 0.717) is 19.0 Å². The predicted molar refractivity (Wildman–Crippen MR) is 92.5 cm³/mol. The fraction of sp³-hybridized carbons (Fsp3) is 0.615. The highest BCUT2D eigenvalue weighted by Gasteiger charge is 2.10. The van der Waals surface area contributed by atoms with Crippen LogP contribution >= 0.6 is 24.0 Å². The normalized spacial score (nSPS) is 16.2. The Labute approximate surface area is 137 Å². The largest absolute Gasteiger partial charge is 0.370 e. The number of aromatic nitrogens is 2. The zero-order valence-electron chi connectivity index (χ0n) is 11.7. The molecule has 2 rings (SSSR count). The number of aliphatic imine (C=N–C) groups is 1. The molecule has 0 atom stereocenters. The first-order chi connectivity index (χ1) is 9.36. The molecule has 0 aromatic carbocycles. The second-order valence-electron chi connectivity index (χ2n) is 4.66. The highest BCUT2D eigenvalue weighted by atomic mass is 127. The molecule has 0 spiro atoms. The van der Waals surface area contributed by atoms with Crippen LogP contribution < -0.4 is 11.1 Å². The summed E-state index contributed by atoms with van der Waals surface area (Å²) in [6.07, 6.45) is 10.1. The Hall–Kier alpha value is -1.12. The lowest BCUT2D eigenvalue weighted by Gasteiger charge is -2.21. The van der Waals surface area contributed by atoms with E-state index in [1.807, 2.05) is 0 Å². The van der Waals surface area contributed by atoms with E-state index in [4.69, 9.17) is 5.73 Å². The van der Waals surface area contributed by atoms with Crippen LogP contribution in [0.3, 0.4) is 0 Å². The van der Waals surface area contributed by atoms with Crippen LogP contribution in [0.5, 0.6) is 0 Å². The zero-order valence-corrected chi connectivity index (χ0v) is 14.0. The van der Waals surface area contributed by atoms with Crippen molar-refractivity contribution in [2.24, 2.45) is 10.7 Å². The van der Waals surface area contributed by atoms with E-state index in [1.54, 1.807) is 18.6 Å². The number of hydrogen-bond donors (Lipinski definition) is 2. The van der Waals surface area contributed by atoms with Crippen molar-refractivity contribution in [2.45, 2.75) is 25.7 Å². The molecule has 6 nitrogen and oxygen atoms in total. The Morgan fingerprint density at radius 1 is 1.25 bits per heavy atom. The number of nitrogens with two attached hydrogens (primary N) is 1. The van der Waals surface area contributed by atoms with Gasteiger partial charge < -0.3 is 16.0 Å². The van der Waals surface area contributed by atoms with Gasteiger partial charge in [0.25, 0.3) is 0 Å². The molecule has 7 heteroatoms. The molecule has 2 heterocycles. The van der Waals surface area contributed by atoms with Crippen molar-refractivity contribution in [3.8, 4) is 0 Å². The lowest BCUT2D eigenvalue weighted by molar-refractivity contribution is 0.429. The molecule has 1 saturated heterocycles. The van der Waals surface area contributed by atoms with E-state index in [9.17, 15) is 0 Å². The van der Waals surface area contributed by atoms with Crippen LogP contribution in [0.25, 0.3) is 0 Å². The summed E-state index contributed by atoms with van der Waals surface area (Å²) < 4.78 is 0. The third kappa shape index (κ3) is 5.89. The molecule has 0 saturated carbocycles. The van der Waals surface area contributed by atoms with Gasteiger partial charge in [0.2, 0.25) is 0 Å². The van der Waals surface area contributed by atoms with E-state index in [-0.39, 0.29) is 24.0 Å². The van der Waals surface area contributed by atoms with Crippen molar-refractivity contribution in [2.75, 3.05) is 31.5 Å². The molecule has 0 unspecified atom stereocenters. The second-order valence-corrected chi connectivity index (χ2v) is 4.66. The fourth-order valence-electron chi connectivity index (χ4n) is 2.14. The van der Waals surface area contributed by atoms with Crippen molar-refractivity contribution in [3.63, 3.8) is 0 Å². The zero-order chi connectivity index (χ0) is 13.3. The van der Waals surface area contributed by atoms with Gasteiger partial charge in [0.15, 0.2) is 5.96 Å². The van der Waals surface area contributed by atoms with Gasteiger partial charge in [-0.25, -0.2) is 4.98 Å². The third-order valence-electron chi connectivity index (χ3n) is 3.18. The van der Waals surface area contributed by atoms with Crippen molar-refractivity contribution < 1.29 is 0 Å². The number of nitrogens with zero attached hydrogens (tertiary/aromatic N) is 4. The molecule has 1 fully saturated rings. The van der Waals surface area contributed by atoms with E-state index in [1.165, 1.54) is 25.7 Å². The molecule has 112 valence electrons. The molecule has 0 radical (unpaired) electrons. The Bertz CT molecular complexity index is 389. The molecular formula is C13H23IN6. The van der Waals surface area contributed by atoms with Gasteiger partial charge >= 0.3 is 0 Å². The first-order valence-electron chi connectivity index (χ1n) is 6.91. The van der Waals surface area contributed by atoms with Crippen molar-refractivity contribution in [3.05, 3.63) is 18.6 Å². The summed E-state index contributed by atoms with van der Waals surface area (Å²) in [4.78, 5) is 14.7. The molecule has 1 aromatic heterocycles. The highest BCUT2D eigenvalue weighted by molar-refractivity contribution is 14.0. The van der Waals surface area contributed by atoms with Gasteiger partial charge in [0, 0.05) is 32.0 Å². The molecule has 0 bridgehead atoms. The van der Waals surface area contributed by atoms with Crippen LogP contribution in [0.2, 0.25) is 0 Å². The maximum absolute atomic E-state index is 6.02. The highest BCUT2D eigenvalue weighted by Crippen LogP contribution is 2.08. The summed E-state index contributed by atoms with van der Waals surface area (Å²) >= 11 is 0. The number of anilines is 1. The minimum atomic E-state index is 0. The maximum Gasteiger partial charge on any atom is 0.191 e. The minimum absolute atomic E-state index is 0. The van der Waals surface area contributed by atoms with Crippen LogP contribution in [0.4, 0.5) is 5.82 Å². The Kier molecular flexibility index (Phi) is 8.24. The van der Waals surface area contributed by atoms with Crippen molar-refractivity contribution in [1.82, 2.24) is 14.9 Å². The topological polar surface area (TPSA) is 79.4 Å². The van der Waals surface area contributed by atoms with Crippen LogP contribution in [-0.2, 0) is 0 Å². The number of hydrogen-bond acceptors (Lipinski definition) is 4. The van der Waals surface area contributed by atoms with Crippen molar-refractivity contribution in [1.29, 1.82) is 0 Å². The van der Waals surface area contributed by atoms with Gasteiger partial charge in [-0.2, -0.15) is 0 Å². The van der Waals surface area contributed by atoms with Crippen LogP contribution in [-0.4, -0.2) is 47.0 Å². The predicted octanol–water partition coefficient (Wildman–Crippen LogP) is 1.70. The SMILES string of the molecule is I.NC(=NCCNc1cnccn1)N1CCCCCC1. The first kappa shape index (κ1) is 16.9. The molecule has 1 aromatic rings. The summed E-state index contributed by atoms with van der Waals surface area (Å²) in [6.45, 7) is 3.44. The molecule has 1 aliphatic rings. The van der Waals surface area contributed by atoms with Crippen LogP contribution in [0.1, 0.15) is 25.7 Å². The summed E-state index contributed by atoms with van der Waals surface area (Å²) in [5, 5.41) is 3.16. The maximum atomic E-state index is 6.02. The lowest BCUT2D eigenvalue weighted by atomic mass is 10.2. The van der Waals surface area contributed by atoms with Crippen molar-refractivity contribution >= 4 is 35.8 Å². The van der Waals surface area contributed by atoms with E-state index in [2.05, 4.69) is 25.2 Å². The van der Waals surface area contributed by atoms with Gasteiger partial charge in [-0.3, -0.25) is 9.98 Å². The number of nitrogens with one attached hydrogen (secondary N) is 1. The molecule has 3 N–H and O–H groups in total. The Balaban J connectivity index is 0.00000200. The van der Waals surface area contributed by atoms with Gasteiger partial charge in [-0.15, -0.1) is 24.0 Å². The first-order valence-corrected chi connectivity index (χ1v) is 6.91. The number of halogens is 1. The second kappa shape index (κ2) is 9.73. The third-order valence-corrected chi connectivity index (χ3v) is 3.18. The molecule has 0 amide bonds. The monoisotopic (exact) mass is 390 g/mol. The molecule has 1 aliphatic heterocycles. The minimum Gasteiger partial charge on any atom is -0.370 e. The van der Waals surface area contributed by atoms with E-state index in [0.717, 1.165) is 18.9 Å². The van der Waals surface area contributed by atoms with Gasteiger partial charge in [0.1, 0.15) is 5.82 Å². The smallest absolute Gasteiger partial charge is 0.191 e. The van der Waals surface area contributed by atoms with Crippen LogP contribution in [0, 0.1) is 0 Å². The van der Waals surface area contributed by atoms with Gasteiger partial charge in [-0.05, 0) is 12.8 Å². The average molecular weight is 390 g/mol. The van der Waals surface area contributed by atoms with Gasteiger partial charge in [0.05, 0.1) is 12.7 Å². The molecule has 20 heavy (non-hydrogen) atoms. The Morgan fingerprint density at radius 3 is 2.65 bits per heavy atom. The quantitative estimate of drug-likeness (QED) is 0.354. The number of guanidine groups is 1. The lowest BCUT2D eigenvalue weighted by Crippen LogP contribution is -2.38.